The van der Waals surface area contributed by atoms with Gasteiger partial charge in [0.25, 0.3) is 5.91 Å². The molecule has 0 fully saturated rings. The highest BCUT2D eigenvalue weighted by atomic mass is 35.5. The minimum atomic E-state index is -1.23. The summed E-state index contributed by atoms with van der Waals surface area (Å²) in [6.45, 7) is 0.0520. The van der Waals surface area contributed by atoms with Crippen molar-refractivity contribution in [1.82, 2.24) is 4.90 Å². The number of nitrogens with one attached hydrogen (secondary N) is 1. The van der Waals surface area contributed by atoms with Gasteiger partial charge in [-0.2, -0.15) is 0 Å². The molecule has 21 heavy (non-hydrogen) atoms. The predicted octanol–water partition coefficient (Wildman–Crippen LogP) is 0.934. The summed E-state index contributed by atoms with van der Waals surface area (Å²) < 4.78 is 0. The van der Waals surface area contributed by atoms with Crippen LogP contribution in [0.3, 0.4) is 0 Å². The van der Waals surface area contributed by atoms with E-state index in [4.69, 9.17) is 28.9 Å². The Morgan fingerprint density at radius 3 is 2.43 bits per heavy atom. The number of amides is 2. The molecule has 1 atom stereocenters. The van der Waals surface area contributed by atoms with Gasteiger partial charge in [-0.25, -0.2) is 0 Å². The fraction of sp³-hybridized carbons (Fsp3) is 0.231. The zero-order chi connectivity index (χ0) is 15.6. The summed E-state index contributed by atoms with van der Waals surface area (Å²) in [6, 6.07) is 6.78. The van der Waals surface area contributed by atoms with Crippen molar-refractivity contribution in [1.29, 1.82) is 0 Å². The van der Waals surface area contributed by atoms with Crippen molar-refractivity contribution in [3.63, 3.8) is 0 Å². The first-order valence-corrected chi connectivity index (χ1v) is 6.82. The molecular weight excluding hydrogens is 317 g/mol. The highest BCUT2D eigenvalue weighted by Crippen LogP contribution is 2.31. The van der Waals surface area contributed by atoms with Gasteiger partial charge in [0, 0.05) is 12.2 Å². The molecule has 1 aromatic rings. The second kappa shape index (κ2) is 6.44. The first kappa shape index (κ1) is 15.8. The topological polar surface area (TPSA) is 95.7 Å². The van der Waals surface area contributed by atoms with Crippen LogP contribution in [0.1, 0.15) is 5.56 Å². The van der Waals surface area contributed by atoms with E-state index in [9.17, 15) is 14.7 Å². The molecule has 4 N–H and O–H groups in total. The summed E-state index contributed by atoms with van der Waals surface area (Å²) in [5.74, 6) is -0.815. The minimum Gasteiger partial charge on any atom is -0.368 e. The van der Waals surface area contributed by atoms with E-state index in [2.05, 4.69) is 5.32 Å². The molecule has 0 aliphatic carbocycles. The first-order valence-electron chi connectivity index (χ1n) is 6.07. The third-order valence-electron chi connectivity index (χ3n) is 2.96. The maximum absolute atomic E-state index is 11.8. The Kier molecular flexibility index (Phi) is 4.84. The molecule has 1 heterocycles. The second-order valence-corrected chi connectivity index (χ2v) is 5.20. The molecule has 0 aromatic heterocycles. The highest BCUT2D eigenvalue weighted by Gasteiger charge is 2.36. The van der Waals surface area contributed by atoms with Gasteiger partial charge in [0.1, 0.15) is 5.03 Å². The van der Waals surface area contributed by atoms with E-state index in [0.717, 1.165) is 10.5 Å². The van der Waals surface area contributed by atoms with Crippen molar-refractivity contribution in [3.8, 4) is 0 Å². The van der Waals surface area contributed by atoms with E-state index in [-0.39, 0.29) is 29.1 Å². The van der Waals surface area contributed by atoms with Crippen LogP contribution in [0.4, 0.5) is 5.69 Å². The zero-order valence-electron chi connectivity index (χ0n) is 10.8. The van der Waals surface area contributed by atoms with Gasteiger partial charge in [-0.3, -0.25) is 9.59 Å². The molecule has 0 saturated carbocycles. The van der Waals surface area contributed by atoms with Crippen LogP contribution in [0.5, 0.6) is 0 Å². The molecule has 0 radical (unpaired) electrons. The Balaban J connectivity index is 2.05. The van der Waals surface area contributed by atoms with Crippen molar-refractivity contribution in [2.45, 2.75) is 12.8 Å². The van der Waals surface area contributed by atoms with Gasteiger partial charge in [-0.15, -0.1) is 0 Å². The number of hydrogen-bond acceptors (Lipinski definition) is 4. The van der Waals surface area contributed by atoms with Crippen molar-refractivity contribution in [3.05, 3.63) is 39.9 Å². The average Bonchev–Trinajstić information content (AvgIpc) is 2.67. The number of aliphatic hydroxyl groups is 1. The maximum Gasteiger partial charge on any atom is 0.269 e. The van der Waals surface area contributed by atoms with Crippen molar-refractivity contribution in [2.75, 3.05) is 11.9 Å². The number of nitrogens with two attached hydrogens (primary N) is 1. The smallest absolute Gasteiger partial charge is 0.269 e. The molecule has 0 bridgehead atoms. The Hall–Kier alpha value is -1.60. The van der Waals surface area contributed by atoms with Gasteiger partial charge in [0.2, 0.25) is 5.91 Å². The van der Waals surface area contributed by atoms with Crippen LogP contribution in [0.15, 0.2) is 34.3 Å². The fourth-order valence-corrected chi connectivity index (χ4v) is 2.25. The third-order valence-corrected chi connectivity index (χ3v) is 3.80. The van der Waals surface area contributed by atoms with E-state index < -0.39 is 12.1 Å². The lowest BCUT2D eigenvalue weighted by atomic mass is 10.2. The fourth-order valence-electron chi connectivity index (χ4n) is 1.85. The van der Waals surface area contributed by atoms with Crippen LogP contribution < -0.4 is 11.1 Å². The molecule has 1 aliphatic heterocycles. The highest BCUT2D eigenvalue weighted by molar-refractivity contribution is 6.49. The zero-order valence-corrected chi connectivity index (χ0v) is 12.4. The Labute approximate surface area is 131 Å². The second-order valence-electron chi connectivity index (χ2n) is 4.42. The number of carbonyl (C=O) groups is 2. The Bertz CT molecular complexity index is 601. The lowest BCUT2D eigenvalue weighted by Crippen LogP contribution is -2.34. The summed E-state index contributed by atoms with van der Waals surface area (Å²) in [5, 5.41) is 12.2. The normalized spacial score (nSPS) is 18.4. The van der Waals surface area contributed by atoms with Crippen LogP contribution in [-0.4, -0.2) is 34.6 Å². The molecule has 6 nitrogen and oxygen atoms in total. The van der Waals surface area contributed by atoms with E-state index >= 15 is 0 Å². The Morgan fingerprint density at radius 2 is 1.95 bits per heavy atom. The number of anilines is 1. The maximum atomic E-state index is 11.8. The minimum absolute atomic E-state index is 0.0755. The number of benzene rings is 1. The van der Waals surface area contributed by atoms with Gasteiger partial charge in [-0.05, 0) is 17.7 Å². The van der Waals surface area contributed by atoms with Crippen LogP contribution in [0.2, 0.25) is 0 Å². The lowest BCUT2D eigenvalue weighted by molar-refractivity contribution is -0.132. The van der Waals surface area contributed by atoms with Crippen molar-refractivity contribution < 1.29 is 14.7 Å². The van der Waals surface area contributed by atoms with Crippen molar-refractivity contribution >= 4 is 40.7 Å². The molecule has 8 heteroatoms. The monoisotopic (exact) mass is 329 g/mol. The lowest BCUT2D eigenvalue weighted by Gasteiger charge is -2.21. The quantitative estimate of drug-likeness (QED) is 0.765. The summed E-state index contributed by atoms with van der Waals surface area (Å²) in [5.41, 5.74) is 6.55. The molecule has 0 spiro atoms. The van der Waals surface area contributed by atoms with Gasteiger partial charge < -0.3 is 21.1 Å². The number of halogens is 2. The first-order chi connectivity index (χ1) is 9.93. The summed E-state index contributed by atoms with van der Waals surface area (Å²) >= 11 is 11.4. The molecule has 1 unspecified atom stereocenters. The van der Waals surface area contributed by atoms with Crippen LogP contribution in [0.25, 0.3) is 0 Å². The molecule has 1 aliphatic rings. The summed E-state index contributed by atoms with van der Waals surface area (Å²) in [4.78, 5) is 24.1. The molecule has 0 saturated heterocycles. The number of aliphatic hydroxyl groups excluding tert-OH is 1. The average molecular weight is 330 g/mol. The number of hydrogen-bond donors (Lipinski definition) is 3. The van der Waals surface area contributed by atoms with Crippen LogP contribution in [-0.2, 0) is 16.1 Å². The molecule has 2 rings (SSSR count). The standard InChI is InChI=1S/C13H13Cl2N3O3/c14-10-11(15)13(21)18(12(10)20)6-7-1-3-8(4-2-7)17-9(19)5-16/h1-4,12,20H,5-6,16H2,(H,17,19). The molecule has 2 amide bonds. The van der Waals surface area contributed by atoms with Crippen LogP contribution >= 0.6 is 23.2 Å². The third kappa shape index (κ3) is 3.36. The van der Waals surface area contributed by atoms with Gasteiger partial charge >= 0.3 is 0 Å². The predicted molar refractivity (Wildman–Crippen MR) is 79.4 cm³/mol. The number of carbonyl (C=O) groups excluding carboxylic acids is 2. The molecular formula is C13H13Cl2N3O3. The molecule has 1 aromatic carbocycles. The van der Waals surface area contributed by atoms with E-state index in [1.165, 1.54) is 0 Å². The van der Waals surface area contributed by atoms with E-state index in [1.54, 1.807) is 24.3 Å². The van der Waals surface area contributed by atoms with E-state index in [0.29, 0.717) is 5.69 Å². The molecule has 112 valence electrons. The number of rotatable bonds is 4. The number of nitrogens with zero attached hydrogens (tertiary/aromatic N) is 1. The largest absolute Gasteiger partial charge is 0.368 e. The van der Waals surface area contributed by atoms with Gasteiger partial charge in [-0.1, -0.05) is 35.3 Å². The summed E-state index contributed by atoms with van der Waals surface area (Å²) in [7, 11) is 0. The van der Waals surface area contributed by atoms with Gasteiger partial charge in [0.05, 0.1) is 11.6 Å². The van der Waals surface area contributed by atoms with Crippen molar-refractivity contribution in [2.24, 2.45) is 5.73 Å². The van der Waals surface area contributed by atoms with Gasteiger partial charge in [0.15, 0.2) is 6.23 Å². The Morgan fingerprint density at radius 1 is 1.33 bits per heavy atom. The summed E-state index contributed by atoms with van der Waals surface area (Å²) in [6.07, 6.45) is -1.23. The van der Waals surface area contributed by atoms with E-state index in [1.807, 2.05) is 0 Å². The SMILES string of the molecule is NCC(=O)Nc1ccc(CN2C(=O)C(Cl)=C(Cl)C2O)cc1. The van der Waals surface area contributed by atoms with Crippen LogP contribution in [0, 0.1) is 0 Å².